The number of methoxy groups -OCH3 is 2. The first-order valence-electron chi connectivity index (χ1n) is 6.94. The van der Waals surface area contributed by atoms with Crippen LogP contribution in [0.15, 0.2) is 30.4 Å². The normalized spacial score (nSPS) is 18.0. The van der Waals surface area contributed by atoms with Gasteiger partial charge in [0.05, 0.1) is 26.3 Å². The van der Waals surface area contributed by atoms with Gasteiger partial charge in [0, 0.05) is 11.0 Å². The van der Waals surface area contributed by atoms with Crippen LogP contribution in [0.3, 0.4) is 0 Å². The van der Waals surface area contributed by atoms with Gasteiger partial charge in [-0.2, -0.15) is 0 Å². The number of benzene rings is 1. The molecule has 0 atom stereocenters. The minimum Gasteiger partial charge on any atom is -0.614 e. The maximum atomic E-state index is 11.1. The van der Waals surface area contributed by atoms with Crippen molar-refractivity contribution in [2.45, 2.75) is 20.1 Å². The van der Waals surface area contributed by atoms with Gasteiger partial charge in [0.1, 0.15) is 6.26 Å². The first-order chi connectivity index (χ1) is 10.4. The summed E-state index contributed by atoms with van der Waals surface area (Å²) in [5.41, 5.74) is 0.844. The molecule has 1 fully saturated rings. The predicted molar refractivity (Wildman–Crippen MR) is 77.1 cm³/mol. The van der Waals surface area contributed by atoms with Crippen molar-refractivity contribution in [3.05, 3.63) is 36.0 Å². The van der Waals surface area contributed by atoms with Crippen molar-refractivity contribution >= 4 is 0 Å². The second kappa shape index (κ2) is 8.51. The van der Waals surface area contributed by atoms with Gasteiger partial charge in [-0.1, -0.05) is 13.8 Å². The fourth-order valence-corrected chi connectivity index (χ4v) is 1.97. The first kappa shape index (κ1) is 19.7. The van der Waals surface area contributed by atoms with Crippen LogP contribution in [0.4, 0.5) is 0 Å². The largest absolute Gasteiger partial charge is 1.00 e. The molecule has 0 aromatic heterocycles. The molecule has 1 heterocycles. The van der Waals surface area contributed by atoms with E-state index < -0.39 is 12.2 Å². The standard InChI is InChI=1S/C16H22O6.Li/c1-16(2)9-21-15(22-10-16)11-5-6-12(13(7-11)18-3)20-8-14(17)19-4;/h5-8,15,17H,9-10H2,1-4H3;/q;+1/p-1/b14-8-;. The summed E-state index contributed by atoms with van der Waals surface area (Å²) in [6, 6.07) is 5.27. The maximum Gasteiger partial charge on any atom is 1.00 e. The Morgan fingerprint density at radius 1 is 1.22 bits per heavy atom. The second-order valence-corrected chi connectivity index (χ2v) is 5.79. The van der Waals surface area contributed by atoms with E-state index in [2.05, 4.69) is 18.6 Å². The topological polar surface area (TPSA) is 69.2 Å². The third-order valence-corrected chi connectivity index (χ3v) is 3.19. The van der Waals surface area contributed by atoms with Crippen LogP contribution in [0, 0.1) is 5.41 Å². The molecule has 23 heavy (non-hydrogen) atoms. The Morgan fingerprint density at radius 2 is 1.87 bits per heavy atom. The Balaban J connectivity index is 0.00000264. The van der Waals surface area contributed by atoms with E-state index in [1.807, 2.05) is 6.07 Å². The second-order valence-electron chi connectivity index (χ2n) is 5.79. The van der Waals surface area contributed by atoms with E-state index in [1.54, 1.807) is 12.1 Å². The average Bonchev–Trinajstić information content (AvgIpc) is 2.52. The molecule has 1 saturated heterocycles. The third-order valence-electron chi connectivity index (χ3n) is 3.19. The molecule has 7 heteroatoms. The number of hydrogen-bond acceptors (Lipinski definition) is 6. The van der Waals surface area contributed by atoms with Crippen molar-refractivity contribution in [3.8, 4) is 11.5 Å². The summed E-state index contributed by atoms with van der Waals surface area (Å²) >= 11 is 0. The van der Waals surface area contributed by atoms with Crippen molar-refractivity contribution in [1.82, 2.24) is 0 Å². The SMILES string of the molecule is CO/C([O-])=C\Oc1ccc(C2OCC(C)(C)CO2)cc1OC.[Li+]. The molecule has 0 saturated carbocycles. The molecule has 2 rings (SSSR count). The Labute approximate surface area is 148 Å². The molecule has 0 amide bonds. The molecule has 1 aliphatic rings. The molecule has 1 aromatic carbocycles. The third kappa shape index (κ3) is 5.36. The van der Waals surface area contributed by atoms with Crippen molar-refractivity contribution in [2.24, 2.45) is 5.41 Å². The molecular weight excluding hydrogens is 295 g/mol. The van der Waals surface area contributed by atoms with Crippen LogP contribution >= 0.6 is 0 Å². The minimum absolute atomic E-state index is 0. The smallest absolute Gasteiger partial charge is 0.614 e. The molecule has 0 unspecified atom stereocenters. The van der Waals surface area contributed by atoms with Crippen LogP contribution in [-0.4, -0.2) is 27.4 Å². The van der Waals surface area contributed by atoms with E-state index in [0.717, 1.165) is 11.8 Å². The van der Waals surface area contributed by atoms with Crippen molar-refractivity contribution < 1.29 is 47.7 Å². The Kier molecular flexibility index (Phi) is 7.30. The quantitative estimate of drug-likeness (QED) is 0.510. The number of rotatable bonds is 5. The summed E-state index contributed by atoms with van der Waals surface area (Å²) in [6.45, 7) is 5.41. The van der Waals surface area contributed by atoms with E-state index >= 15 is 0 Å². The van der Waals surface area contributed by atoms with Crippen LogP contribution in [-0.2, 0) is 14.2 Å². The van der Waals surface area contributed by atoms with E-state index in [0.29, 0.717) is 24.7 Å². The summed E-state index contributed by atoms with van der Waals surface area (Å²) in [4.78, 5) is 0. The molecule has 0 spiro atoms. The molecule has 0 aliphatic carbocycles. The van der Waals surface area contributed by atoms with Gasteiger partial charge in [-0.15, -0.1) is 0 Å². The van der Waals surface area contributed by atoms with Crippen LogP contribution in [0.1, 0.15) is 25.7 Å². The predicted octanol–water partition coefficient (Wildman–Crippen LogP) is -1.04. The van der Waals surface area contributed by atoms with Crippen molar-refractivity contribution in [1.29, 1.82) is 0 Å². The molecule has 1 aromatic rings. The zero-order valence-corrected chi connectivity index (χ0v) is 14.3. The first-order valence-corrected chi connectivity index (χ1v) is 6.94. The Morgan fingerprint density at radius 3 is 2.43 bits per heavy atom. The average molecular weight is 316 g/mol. The summed E-state index contributed by atoms with van der Waals surface area (Å²) < 4.78 is 26.5. The summed E-state index contributed by atoms with van der Waals surface area (Å²) in [5, 5.41) is 11.1. The zero-order chi connectivity index (χ0) is 16.2. The molecule has 122 valence electrons. The van der Waals surface area contributed by atoms with E-state index in [-0.39, 0.29) is 24.3 Å². The molecule has 0 N–H and O–H groups in total. The van der Waals surface area contributed by atoms with Crippen molar-refractivity contribution in [3.63, 3.8) is 0 Å². The molecule has 0 bridgehead atoms. The molecule has 0 radical (unpaired) electrons. The van der Waals surface area contributed by atoms with Gasteiger partial charge in [-0.3, -0.25) is 0 Å². The van der Waals surface area contributed by atoms with Gasteiger partial charge < -0.3 is 28.8 Å². The van der Waals surface area contributed by atoms with Gasteiger partial charge in [-0.25, -0.2) is 0 Å². The summed E-state index contributed by atoms with van der Waals surface area (Å²) in [7, 11) is 2.80. The maximum absolute atomic E-state index is 11.1. The molecular formula is C16H21LiO6. The van der Waals surface area contributed by atoms with E-state index in [9.17, 15) is 5.11 Å². The van der Waals surface area contributed by atoms with Crippen LogP contribution < -0.4 is 33.4 Å². The van der Waals surface area contributed by atoms with Gasteiger partial charge >= 0.3 is 18.9 Å². The van der Waals surface area contributed by atoms with Gasteiger partial charge in [-0.05, 0) is 25.3 Å². The van der Waals surface area contributed by atoms with E-state index in [4.69, 9.17) is 18.9 Å². The fourth-order valence-electron chi connectivity index (χ4n) is 1.97. The Hall–Kier alpha value is -1.32. The van der Waals surface area contributed by atoms with Gasteiger partial charge in [0.25, 0.3) is 0 Å². The van der Waals surface area contributed by atoms with Gasteiger partial charge in [0.15, 0.2) is 17.8 Å². The Bertz CT molecular complexity index is 533. The summed E-state index contributed by atoms with van der Waals surface area (Å²) in [6.07, 6.45) is 0.550. The summed E-state index contributed by atoms with van der Waals surface area (Å²) in [5.74, 6) is 0.315. The van der Waals surface area contributed by atoms with E-state index in [1.165, 1.54) is 14.2 Å². The molecule has 6 nitrogen and oxygen atoms in total. The van der Waals surface area contributed by atoms with Crippen molar-refractivity contribution in [2.75, 3.05) is 27.4 Å². The number of ether oxygens (including phenoxy) is 5. The zero-order valence-electron chi connectivity index (χ0n) is 14.3. The van der Waals surface area contributed by atoms with Crippen LogP contribution in [0.5, 0.6) is 11.5 Å². The minimum atomic E-state index is -0.577. The number of hydrogen-bond donors (Lipinski definition) is 0. The van der Waals surface area contributed by atoms with Gasteiger partial charge in [0.2, 0.25) is 0 Å². The monoisotopic (exact) mass is 316 g/mol. The fraction of sp³-hybridized carbons (Fsp3) is 0.500. The van der Waals surface area contributed by atoms with Crippen LogP contribution in [0.25, 0.3) is 0 Å². The molecule has 1 aliphatic heterocycles. The van der Waals surface area contributed by atoms with Crippen LogP contribution in [0.2, 0.25) is 0 Å².